The molecule has 1 aromatic heterocycles. The van der Waals surface area contributed by atoms with Crippen LogP contribution in [-0.4, -0.2) is 22.8 Å². The Bertz CT molecular complexity index is 821. The molecule has 112 valence electrons. The van der Waals surface area contributed by atoms with Crippen LogP contribution < -0.4 is 0 Å². The van der Waals surface area contributed by atoms with E-state index in [4.69, 9.17) is 4.74 Å². The summed E-state index contributed by atoms with van der Waals surface area (Å²) >= 11 is 0. The highest BCUT2D eigenvalue weighted by Crippen LogP contribution is 2.31. The van der Waals surface area contributed by atoms with Gasteiger partial charge in [-0.15, -0.1) is 0 Å². The highest BCUT2D eigenvalue weighted by molar-refractivity contribution is 5.96. The molecule has 0 bridgehead atoms. The lowest BCUT2D eigenvalue weighted by molar-refractivity contribution is 0.0600. The molecular formula is C18H17NO3. The second-order valence-electron chi connectivity index (χ2n) is 5.23. The fourth-order valence-electron chi connectivity index (χ4n) is 2.74. The molecule has 2 aromatic carbocycles. The Kier molecular flexibility index (Phi) is 3.69. The molecule has 0 saturated heterocycles. The molecule has 4 heteroatoms. The maximum absolute atomic E-state index is 11.9. The van der Waals surface area contributed by atoms with Crippen molar-refractivity contribution in [1.29, 1.82) is 0 Å². The van der Waals surface area contributed by atoms with Crippen LogP contribution >= 0.6 is 0 Å². The number of methoxy groups -OCH3 is 1. The number of ether oxygens (including phenoxy) is 1. The van der Waals surface area contributed by atoms with Gasteiger partial charge in [0.25, 0.3) is 0 Å². The van der Waals surface area contributed by atoms with Gasteiger partial charge in [-0.05, 0) is 23.8 Å². The van der Waals surface area contributed by atoms with Crippen molar-refractivity contribution in [2.45, 2.75) is 6.10 Å². The lowest BCUT2D eigenvalue weighted by atomic mass is 9.97. The number of aliphatic hydroxyl groups is 1. The number of rotatable bonds is 3. The van der Waals surface area contributed by atoms with Gasteiger partial charge in [0.15, 0.2) is 0 Å². The van der Waals surface area contributed by atoms with Gasteiger partial charge >= 0.3 is 5.97 Å². The van der Waals surface area contributed by atoms with Crippen LogP contribution in [-0.2, 0) is 11.8 Å². The molecule has 1 unspecified atom stereocenters. The van der Waals surface area contributed by atoms with E-state index in [0.29, 0.717) is 11.1 Å². The van der Waals surface area contributed by atoms with Crippen LogP contribution in [0.4, 0.5) is 0 Å². The number of esters is 1. The minimum atomic E-state index is -0.804. The molecule has 4 nitrogen and oxygen atoms in total. The monoisotopic (exact) mass is 295 g/mol. The van der Waals surface area contributed by atoms with Crippen LogP contribution in [0, 0.1) is 0 Å². The van der Waals surface area contributed by atoms with Gasteiger partial charge in [0.05, 0.1) is 18.2 Å². The summed E-state index contributed by atoms with van der Waals surface area (Å²) in [5, 5.41) is 11.6. The number of hydrogen-bond acceptors (Lipinski definition) is 3. The number of fused-ring (bicyclic) bond motifs is 1. The Morgan fingerprint density at radius 2 is 1.91 bits per heavy atom. The fraction of sp³-hybridized carbons (Fsp3) is 0.167. The maximum atomic E-state index is 11.9. The van der Waals surface area contributed by atoms with Crippen LogP contribution in [0.25, 0.3) is 10.9 Å². The SMILES string of the molecule is COC(=O)c1cc(C(O)c2ccccc2)c2c(ccn2C)c1. The molecule has 0 aliphatic carbocycles. The first kappa shape index (κ1) is 14.4. The Morgan fingerprint density at radius 1 is 1.18 bits per heavy atom. The first-order valence-electron chi connectivity index (χ1n) is 7.02. The summed E-state index contributed by atoms with van der Waals surface area (Å²) in [5.74, 6) is -0.410. The zero-order chi connectivity index (χ0) is 15.7. The molecule has 1 atom stereocenters. The summed E-state index contributed by atoms with van der Waals surface area (Å²) < 4.78 is 6.75. The number of benzene rings is 2. The van der Waals surface area contributed by atoms with Crippen molar-refractivity contribution >= 4 is 16.9 Å². The number of nitrogens with zero attached hydrogens (tertiary/aromatic N) is 1. The Morgan fingerprint density at radius 3 is 2.59 bits per heavy atom. The topological polar surface area (TPSA) is 51.5 Å². The molecule has 0 spiro atoms. The molecule has 0 radical (unpaired) electrons. The number of carbonyl (C=O) groups is 1. The van der Waals surface area contributed by atoms with Crippen molar-refractivity contribution in [1.82, 2.24) is 4.57 Å². The second kappa shape index (κ2) is 5.66. The summed E-state index contributed by atoms with van der Waals surface area (Å²) in [6.45, 7) is 0. The molecule has 0 saturated carbocycles. The molecule has 0 aliphatic heterocycles. The Hall–Kier alpha value is -2.59. The summed E-state index contributed by atoms with van der Waals surface area (Å²) in [7, 11) is 3.27. The van der Waals surface area contributed by atoms with Gasteiger partial charge in [-0.2, -0.15) is 0 Å². The van der Waals surface area contributed by atoms with E-state index in [2.05, 4.69) is 0 Å². The fourth-order valence-corrected chi connectivity index (χ4v) is 2.74. The molecule has 0 amide bonds. The zero-order valence-electron chi connectivity index (χ0n) is 12.5. The van der Waals surface area contributed by atoms with Crippen molar-refractivity contribution in [2.24, 2.45) is 7.05 Å². The number of aromatic nitrogens is 1. The highest BCUT2D eigenvalue weighted by atomic mass is 16.5. The maximum Gasteiger partial charge on any atom is 0.337 e. The average Bonchev–Trinajstić information content (AvgIpc) is 2.94. The third kappa shape index (κ3) is 2.38. The standard InChI is InChI=1S/C18H17NO3/c1-19-9-8-13-10-14(18(21)22-2)11-15(16(13)19)17(20)12-6-4-3-5-7-12/h3-11,17,20H,1-2H3. The lowest BCUT2D eigenvalue weighted by Crippen LogP contribution is -2.07. The van der Waals surface area contributed by atoms with Crippen LogP contribution in [0.15, 0.2) is 54.7 Å². The highest BCUT2D eigenvalue weighted by Gasteiger charge is 2.19. The predicted octanol–water partition coefficient (Wildman–Crippen LogP) is 3.05. The van der Waals surface area contributed by atoms with Crippen LogP contribution in [0.3, 0.4) is 0 Å². The van der Waals surface area contributed by atoms with Crippen molar-refractivity contribution < 1.29 is 14.6 Å². The second-order valence-corrected chi connectivity index (χ2v) is 5.23. The number of aryl methyl sites for hydroxylation is 1. The van der Waals surface area contributed by atoms with Gasteiger partial charge in [0, 0.05) is 24.2 Å². The molecule has 1 N–H and O–H groups in total. The minimum Gasteiger partial charge on any atom is -0.465 e. The molecule has 3 rings (SSSR count). The van der Waals surface area contributed by atoms with E-state index in [1.54, 1.807) is 12.1 Å². The van der Waals surface area contributed by atoms with Gasteiger partial charge < -0.3 is 14.4 Å². The van der Waals surface area contributed by atoms with E-state index < -0.39 is 12.1 Å². The van der Waals surface area contributed by atoms with E-state index in [1.165, 1.54) is 7.11 Å². The molecule has 22 heavy (non-hydrogen) atoms. The normalized spacial score (nSPS) is 12.3. The largest absolute Gasteiger partial charge is 0.465 e. The van der Waals surface area contributed by atoms with Gasteiger partial charge in [-0.25, -0.2) is 4.79 Å². The van der Waals surface area contributed by atoms with Crippen molar-refractivity contribution in [3.63, 3.8) is 0 Å². The van der Waals surface area contributed by atoms with Gasteiger partial charge in [-0.3, -0.25) is 0 Å². The summed E-state index contributed by atoms with van der Waals surface area (Å²) in [6.07, 6.45) is 1.11. The Balaban J connectivity index is 2.22. The van der Waals surface area contributed by atoms with E-state index in [9.17, 15) is 9.90 Å². The summed E-state index contributed by atoms with van der Waals surface area (Å²) in [5.41, 5.74) is 2.82. The van der Waals surface area contributed by atoms with Crippen LogP contribution in [0.2, 0.25) is 0 Å². The third-order valence-corrected chi connectivity index (χ3v) is 3.83. The van der Waals surface area contributed by atoms with Gasteiger partial charge in [0.2, 0.25) is 0 Å². The average molecular weight is 295 g/mol. The van der Waals surface area contributed by atoms with Gasteiger partial charge in [-0.1, -0.05) is 30.3 Å². The number of hydrogen-bond donors (Lipinski definition) is 1. The van der Waals surface area contributed by atoms with E-state index >= 15 is 0 Å². The molecule has 1 heterocycles. The predicted molar refractivity (Wildman–Crippen MR) is 84.8 cm³/mol. The summed E-state index contributed by atoms with van der Waals surface area (Å²) in [6, 6.07) is 14.8. The zero-order valence-corrected chi connectivity index (χ0v) is 12.5. The first-order chi connectivity index (χ1) is 10.6. The third-order valence-electron chi connectivity index (χ3n) is 3.83. The molecule has 3 aromatic rings. The molecular weight excluding hydrogens is 278 g/mol. The quantitative estimate of drug-likeness (QED) is 0.756. The summed E-state index contributed by atoms with van der Waals surface area (Å²) in [4.78, 5) is 11.9. The number of carbonyl (C=O) groups excluding carboxylic acids is 1. The number of aliphatic hydroxyl groups excluding tert-OH is 1. The van der Waals surface area contributed by atoms with E-state index in [0.717, 1.165) is 16.5 Å². The first-order valence-corrected chi connectivity index (χ1v) is 7.02. The smallest absolute Gasteiger partial charge is 0.337 e. The molecule has 0 fully saturated rings. The van der Waals surface area contributed by atoms with E-state index in [-0.39, 0.29) is 0 Å². The minimum absolute atomic E-state index is 0.410. The lowest BCUT2D eigenvalue weighted by Gasteiger charge is -2.15. The van der Waals surface area contributed by atoms with E-state index in [1.807, 2.05) is 54.2 Å². The molecule has 0 aliphatic rings. The van der Waals surface area contributed by atoms with Crippen molar-refractivity contribution in [3.8, 4) is 0 Å². The van der Waals surface area contributed by atoms with Crippen molar-refractivity contribution in [2.75, 3.05) is 7.11 Å². The van der Waals surface area contributed by atoms with Crippen LogP contribution in [0.5, 0.6) is 0 Å². The van der Waals surface area contributed by atoms with Crippen LogP contribution in [0.1, 0.15) is 27.6 Å². The van der Waals surface area contributed by atoms with Gasteiger partial charge in [0.1, 0.15) is 6.10 Å². The Labute approximate surface area is 128 Å². The van der Waals surface area contributed by atoms with Crippen molar-refractivity contribution in [3.05, 3.63) is 71.4 Å².